The van der Waals surface area contributed by atoms with Crippen LogP contribution in [0.1, 0.15) is 6.42 Å². The van der Waals surface area contributed by atoms with E-state index in [-0.39, 0.29) is 6.61 Å². The molecular formula is C12H14O3. The fourth-order valence-electron chi connectivity index (χ4n) is 1.06. The molecule has 1 rings (SSSR count). The predicted molar refractivity (Wildman–Crippen MR) is 57.9 cm³/mol. The second kappa shape index (κ2) is 5.94. The summed E-state index contributed by atoms with van der Waals surface area (Å²) in [5.41, 5.74) is 0. The Morgan fingerprint density at radius 3 is 2.47 bits per heavy atom. The summed E-state index contributed by atoms with van der Waals surface area (Å²) in [6.45, 7) is 0.205. The molecule has 15 heavy (non-hydrogen) atoms. The third-order valence-electron chi connectivity index (χ3n) is 1.86. The first-order valence-corrected chi connectivity index (χ1v) is 4.64. The molecule has 0 heterocycles. The van der Waals surface area contributed by atoms with Gasteiger partial charge in [0.15, 0.2) is 0 Å². The summed E-state index contributed by atoms with van der Waals surface area (Å²) in [6.07, 6.45) is 4.74. The van der Waals surface area contributed by atoms with Gasteiger partial charge in [0.1, 0.15) is 18.1 Å². The van der Waals surface area contributed by atoms with E-state index in [1.54, 1.807) is 31.4 Å². The maximum Gasteiger partial charge on any atom is 0.119 e. The molecule has 0 aromatic heterocycles. The van der Waals surface area contributed by atoms with E-state index in [0.29, 0.717) is 12.2 Å². The van der Waals surface area contributed by atoms with Crippen LogP contribution in [0.25, 0.3) is 0 Å². The van der Waals surface area contributed by atoms with E-state index in [4.69, 9.17) is 15.9 Å². The third kappa shape index (κ3) is 3.92. The molecule has 0 fully saturated rings. The molecule has 1 aromatic rings. The largest absolute Gasteiger partial charge is 0.497 e. The van der Waals surface area contributed by atoms with Gasteiger partial charge in [0.05, 0.1) is 13.2 Å². The second-order valence-corrected chi connectivity index (χ2v) is 3.05. The first kappa shape index (κ1) is 11.4. The monoisotopic (exact) mass is 206 g/mol. The molecule has 80 valence electrons. The van der Waals surface area contributed by atoms with E-state index in [9.17, 15) is 5.11 Å². The number of terminal acetylenes is 1. The van der Waals surface area contributed by atoms with E-state index in [1.165, 1.54) is 0 Å². The Hall–Kier alpha value is -1.66. The minimum atomic E-state index is -0.614. The molecule has 0 saturated heterocycles. The molecule has 0 unspecified atom stereocenters. The van der Waals surface area contributed by atoms with Crippen molar-refractivity contribution >= 4 is 0 Å². The minimum Gasteiger partial charge on any atom is -0.497 e. The summed E-state index contributed by atoms with van der Waals surface area (Å²) in [5, 5.41) is 9.32. The highest BCUT2D eigenvalue weighted by atomic mass is 16.5. The molecule has 0 radical (unpaired) electrons. The molecule has 0 spiro atoms. The molecule has 0 bridgehead atoms. The number of rotatable bonds is 5. The van der Waals surface area contributed by atoms with E-state index >= 15 is 0 Å². The van der Waals surface area contributed by atoms with Crippen molar-refractivity contribution in [2.45, 2.75) is 12.5 Å². The van der Waals surface area contributed by atoms with Crippen LogP contribution >= 0.6 is 0 Å². The average Bonchev–Trinajstić information content (AvgIpc) is 2.27. The molecule has 3 heteroatoms. The number of benzene rings is 1. The number of ether oxygens (including phenoxy) is 2. The number of methoxy groups -OCH3 is 1. The van der Waals surface area contributed by atoms with Gasteiger partial charge in [-0.25, -0.2) is 0 Å². The van der Waals surface area contributed by atoms with E-state index in [1.807, 2.05) is 0 Å². The maximum absolute atomic E-state index is 9.32. The third-order valence-corrected chi connectivity index (χ3v) is 1.86. The molecule has 0 saturated carbocycles. The normalized spacial score (nSPS) is 11.5. The van der Waals surface area contributed by atoms with E-state index in [0.717, 1.165) is 5.75 Å². The fraction of sp³-hybridized carbons (Fsp3) is 0.333. The van der Waals surface area contributed by atoms with Crippen LogP contribution in [0.5, 0.6) is 11.5 Å². The lowest BCUT2D eigenvalue weighted by Crippen LogP contribution is -2.16. The Balaban J connectivity index is 2.41. The highest BCUT2D eigenvalue weighted by Gasteiger charge is 2.02. The van der Waals surface area contributed by atoms with Gasteiger partial charge < -0.3 is 14.6 Å². The number of hydrogen-bond acceptors (Lipinski definition) is 3. The van der Waals surface area contributed by atoms with Crippen molar-refractivity contribution in [2.24, 2.45) is 0 Å². The van der Waals surface area contributed by atoms with E-state index < -0.39 is 6.10 Å². The first-order chi connectivity index (χ1) is 7.26. The van der Waals surface area contributed by atoms with Gasteiger partial charge in [-0.1, -0.05) is 0 Å². The highest BCUT2D eigenvalue weighted by Crippen LogP contribution is 2.17. The highest BCUT2D eigenvalue weighted by molar-refractivity contribution is 5.31. The molecule has 0 aliphatic heterocycles. The van der Waals surface area contributed by atoms with Crippen molar-refractivity contribution in [3.05, 3.63) is 24.3 Å². The zero-order chi connectivity index (χ0) is 11.1. The van der Waals surface area contributed by atoms with Gasteiger partial charge in [0.2, 0.25) is 0 Å². The number of aliphatic hydroxyl groups excluding tert-OH is 1. The van der Waals surface area contributed by atoms with Crippen LogP contribution < -0.4 is 9.47 Å². The molecular weight excluding hydrogens is 192 g/mol. The summed E-state index contributed by atoms with van der Waals surface area (Å²) < 4.78 is 10.3. The topological polar surface area (TPSA) is 38.7 Å². The Labute approximate surface area is 89.6 Å². The SMILES string of the molecule is C#CC[C@H](O)COc1ccc(OC)cc1. The van der Waals surface area contributed by atoms with Gasteiger partial charge in [-0.15, -0.1) is 12.3 Å². The van der Waals surface area contributed by atoms with Crippen LogP contribution in [0.15, 0.2) is 24.3 Å². The van der Waals surface area contributed by atoms with Crippen LogP contribution in [0, 0.1) is 12.3 Å². The summed E-state index contributed by atoms with van der Waals surface area (Å²) in [7, 11) is 1.60. The number of hydrogen-bond donors (Lipinski definition) is 1. The molecule has 0 aliphatic carbocycles. The van der Waals surface area contributed by atoms with Crippen molar-refractivity contribution in [1.29, 1.82) is 0 Å². The second-order valence-electron chi connectivity index (χ2n) is 3.05. The van der Waals surface area contributed by atoms with E-state index in [2.05, 4.69) is 5.92 Å². The Bertz CT molecular complexity index is 324. The molecule has 0 aliphatic rings. The van der Waals surface area contributed by atoms with Crippen LogP contribution in [-0.2, 0) is 0 Å². The lowest BCUT2D eigenvalue weighted by atomic mass is 10.3. The van der Waals surface area contributed by atoms with Gasteiger partial charge in [-0.05, 0) is 24.3 Å². The quantitative estimate of drug-likeness (QED) is 0.741. The average molecular weight is 206 g/mol. The molecule has 1 N–H and O–H groups in total. The summed E-state index contributed by atoms with van der Waals surface area (Å²) in [4.78, 5) is 0. The van der Waals surface area contributed by atoms with Crippen molar-refractivity contribution in [3.63, 3.8) is 0 Å². The first-order valence-electron chi connectivity index (χ1n) is 4.64. The Morgan fingerprint density at radius 2 is 1.93 bits per heavy atom. The molecule has 1 aromatic carbocycles. The lowest BCUT2D eigenvalue weighted by molar-refractivity contribution is 0.111. The van der Waals surface area contributed by atoms with Crippen LogP contribution in [0.3, 0.4) is 0 Å². The van der Waals surface area contributed by atoms with Gasteiger partial charge in [-0.3, -0.25) is 0 Å². The molecule has 3 nitrogen and oxygen atoms in total. The van der Waals surface area contributed by atoms with Crippen LogP contribution in [0.4, 0.5) is 0 Å². The standard InChI is InChI=1S/C12H14O3/c1-3-4-10(13)9-15-12-7-5-11(14-2)6-8-12/h1,5-8,10,13H,4,9H2,2H3/t10-/m0/s1. The van der Waals surface area contributed by atoms with Crippen LogP contribution in [-0.4, -0.2) is 24.9 Å². The van der Waals surface area contributed by atoms with Crippen LogP contribution in [0.2, 0.25) is 0 Å². The zero-order valence-electron chi connectivity index (χ0n) is 8.64. The Kier molecular flexibility index (Phi) is 4.52. The summed E-state index contributed by atoms with van der Waals surface area (Å²) in [5.74, 6) is 3.83. The van der Waals surface area contributed by atoms with Gasteiger partial charge in [0.25, 0.3) is 0 Å². The number of aliphatic hydroxyl groups is 1. The van der Waals surface area contributed by atoms with Crippen molar-refractivity contribution < 1.29 is 14.6 Å². The summed E-state index contributed by atoms with van der Waals surface area (Å²) in [6, 6.07) is 7.15. The minimum absolute atomic E-state index is 0.205. The molecule has 1 atom stereocenters. The van der Waals surface area contributed by atoms with Gasteiger partial charge >= 0.3 is 0 Å². The maximum atomic E-state index is 9.32. The summed E-state index contributed by atoms with van der Waals surface area (Å²) >= 11 is 0. The van der Waals surface area contributed by atoms with Crippen molar-refractivity contribution in [1.82, 2.24) is 0 Å². The molecule has 0 amide bonds. The van der Waals surface area contributed by atoms with Crippen molar-refractivity contribution in [2.75, 3.05) is 13.7 Å². The van der Waals surface area contributed by atoms with Gasteiger partial charge in [-0.2, -0.15) is 0 Å². The van der Waals surface area contributed by atoms with Gasteiger partial charge in [0, 0.05) is 6.42 Å². The van der Waals surface area contributed by atoms with Crippen molar-refractivity contribution in [3.8, 4) is 23.8 Å². The Morgan fingerprint density at radius 1 is 1.33 bits per heavy atom. The zero-order valence-corrected chi connectivity index (χ0v) is 8.64. The lowest BCUT2D eigenvalue weighted by Gasteiger charge is -2.10. The smallest absolute Gasteiger partial charge is 0.119 e. The predicted octanol–water partition coefficient (Wildman–Crippen LogP) is 1.46. The fourth-order valence-corrected chi connectivity index (χ4v) is 1.06.